The molecule has 1 aliphatic rings. The molecule has 0 fully saturated rings. The SMILES string of the molecule is CCCCC(CC)Cn1c2ccc(/C(=N\OC(C)=O)c3ccccc3OCC(F)(F)C(F)F)cc2c2cc(C(=O)c3c(C)cc(C)cc3C)c3ccccc3c21.CCCn1c2ccc(C(=O)c3ccccc3C)cc2c2cc(/C(C)=N/OC(C)=O)ccc21.CCn1c2ccc(C(=O)c3ccccc3C)cc2c2c3c(ccc21)C(=O)/C(=N\OC(C)=O)O3. The number of halogens is 4. The first-order valence-corrected chi connectivity index (χ1v) is 40.4. The van der Waals surface area contributed by atoms with E-state index in [0.717, 1.165) is 149 Å². The number of ketones is 4. The molecule has 11 aromatic carbocycles. The predicted octanol–water partition coefficient (Wildman–Crippen LogP) is 22.8. The summed E-state index contributed by atoms with van der Waals surface area (Å²) in [6.45, 7) is 24.5. The van der Waals surface area contributed by atoms with Crippen molar-refractivity contribution in [3.63, 3.8) is 0 Å². The molecule has 1 unspecified atom stereocenters. The van der Waals surface area contributed by atoms with Crippen LogP contribution in [0.5, 0.6) is 11.5 Å². The van der Waals surface area contributed by atoms with Gasteiger partial charge in [-0.05, 0) is 197 Å². The van der Waals surface area contributed by atoms with Crippen molar-refractivity contribution in [3.05, 3.63) is 284 Å². The van der Waals surface area contributed by atoms with E-state index >= 15 is 0 Å². The minimum atomic E-state index is -4.40. The van der Waals surface area contributed by atoms with E-state index in [0.29, 0.717) is 73.8 Å². The predicted molar refractivity (Wildman–Crippen MR) is 467 cm³/mol. The summed E-state index contributed by atoms with van der Waals surface area (Å²) in [5.41, 5.74) is 16.8. The highest BCUT2D eigenvalue weighted by Crippen LogP contribution is 2.44. The summed E-state index contributed by atoms with van der Waals surface area (Å²) >= 11 is 0. The number of unbranched alkanes of at least 4 members (excludes halogenated alkanes) is 1. The Morgan fingerprint density at radius 3 is 1.57 bits per heavy atom. The number of alkyl halides is 4. The maximum Gasteiger partial charge on any atom is 0.340 e. The van der Waals surface area contributed by atoms with Gasteiger partial charge in [0.2, 0.25) is 0 Å². The van der Waals surface area contributed by atoms with Gasteiger partial charge in [-0.25, -0.2) is 23.2 Å². The molecule has 1 aliphatic heterocycles. The standard InChI is InChI=1S/C46H46F4N2O4.C27H26N2O3.C26H20N2O5/c1-7-9-14-31(8-2)25-52-39-20-19-32(42(51-56-30(6)53)35-17-12-13-18-40(35)55-26-46(49,50)45(47)48)23-36(39)37-24-38(33-15-10-11-16-34(33)43(37)52)44(54)41-28(4)21-27(3)22-29(41)5;1-5-14-29-25-12-10-20(18(3)28-32-19(4)30)15-23(25)24-16-21(11-13-26(24)29)27(31)22-9-7-6-8-17(22)2;1-4-28-20-11-9-16(23(30)17-8-6-5-7-14(17)2)13-19(20)22-21(28)12-10-18-24(31)26(32-25(18)22)27-33-15(3)29/h10-13,15-24,31,45H,7-9,14,25-26H2,1-6H3;6-13,15-16H,5,14H2,1-4H3;5-13H,4H2,1-3H3/b51-42+;28-18+;27-26+. The van der Waals surface area contributed by atoms with Crippen LogP contribution in [-0.4, -0.2) is 91.0 Å². The van der Waals surface area contributed by atoms with Gasteiger partial charge in [-0.2, -0.15) is 8.78 Å². The van der Waals surface area contributed by atoms with Crippen LogP contribution in [-0.2, 0) is 48.5 Å². The van der Waals surface area contributed by atoms with Crippen LogP contribution in [0.2, 0.25) is 0 Å². The van der Waals surface area contributed by atoms with Crippen LogP contribution in [0.3, 0.4) is 0 Å². The largest absolute Gasteiger partial charge is 0.486 e. The van der Waals surface area contributed by atoms with Gasteiger partial charge in [0.05, 0.1) is 27.7 Å². The number of rotatable bonds is 25. The molecule has 618 valence electrons. The molecule has 0 amide bonds. The van der Waals surface area contributed by atoms with E-state index in [4.69, 9.17) is 19.1 Å². The Morgan fingerprint density at radius 1 is 0.479 bits per heavy atom. The lowest BCUT2D eigenvalue weighted by Crippen LogP contribution is -2.34. The number of benzene rings is 11. The van der Waals surface area contributed by atoms with Gasteiger partial charge in [0.15, 0.2) is 29.7 Å². The van der Waals surface area contributed by atoms with Gasteiger partial charge < -0.3 is 37.7 Å². The molecule has 0 N–H and O–H groups in total. The summed E-state index contributed by atoms with van der Waals surface area (Å²) in [4.78, 5) is 103. The number of nitrogens with zero attached hydrogens (tertiary/aromatic N) is 6. The lowest BCUT2D eigenvalue weighted by molar-refractivity contribution is -0.148. The average molecular weight is 1630 g/mol. The molecule has 3 aromatic heterocycles. The maximum absolute atomic E-state index is 14.7. The summed E-state index contributed by atoms with van der Waals surface area (Å²) in [7, 11) is 0. The number of aromatic nitrogens is 3. The van der Waals surface area contributed by atoms with Crippen molar-refractivity contribution < 1.29 is 75.1 Å². The lowest BCUT2D eigenvalue weighted by atomic mass is 9.89. The Kier molecular flexibility index (Phi) is 25.7. The van der Waals surface area contributed by atoms with Crippen LogP contribution in [0, 0.1) is 40.5 Å². The molecule has 0 spiro atoms. The number of aryl methyl sites for hydroxylation is 7. The van der Waals surface area contributed by atoms with E-state index in [1.165, 1.54) is 39.0 Å². The third-order valence-corrected chi connectivity index (χ3v) is 22.0. The van der Waals surface area contributed by atoms with Gasteiger partial charge >= 0.3 is 36.2 Å². The number of oxime groups is 3. The summed E-state index contributed by atoms with van der Waals surface area (Å²) in [5, 5.41) is 18.6. The highest BCUT2D eigenvalue weighted by atomic mass is 19.3. The minimum Gasteiger partial charge on any atom is -0.486 e. The van der Waals surface area contributed by atoms with Gasteiger partial charge in [-0.3, -0.25) is 19.2 Å². The number of Topliss-reactive ketones (excluding diaryl/α,β-unsaturated/α-hetero) is 1. The third kappa shape index (κ3) is 17.5. The molecule has 1 atom stereocenters. The number of carbonyl (C=O) groups excluding carboxylic acids is 7. The topological polar surface area (TPSA) is 218 Å². The molecular formula is C99H92F4N6O12. The minimum absolute atomic E-state index is 0.0187. The molecule has 0 saturated heterocycles. The van der Waals surface area contributed by atoms with Gasteiger partial charge in [-0.1, -0.05) is 165 Å². The number of para-hydroxylation sites is 1. The van der Waals surface area contributed by atoms with Crippen molar-refractivity contribution in [1.29, 1.82) is 0 Å². The summed E-state index contributed by atoms with van der Waals surface area (Å²) in [5.74, 6) is -6.55. The Hall–Kier alpha value is -13.5. The first-order valence-electron chi connectivity index (χ1n) is 40.4. The van der Waals surface area contributed by atoms with E-state index in [2.05, 4.69) is 60.8 Å². The normalized spacial score (nSPS) is 12.9. The Labute approximate surface area is 696 Å². The van der Waals surface area contributed by atoms with Crippen molar-refractivity contribution in [2.45, 2.75) is 154 Å². The molecule has 18 nitrogen and oxygen atoms in total. The first-order chi connectivity index (χ1) is 58.1. The zero-order chi connectivity index (χ0) is 86.4. The van der Waals surface area contributed by atoms with Gasteiger partial charge in [0.1, 0.15) is 11.5 Å². The molecule has 22 heteroatoms. The zero-order valence-corrected chi connectivity index (χ0v) is 69.7. The second-order valence-corrected chi connectivity index (χ2v) is 30.5. The molecule has 15 rings (SSSR count). The molecule has 0 bridgehead atoms. The van der Waals surface area contributed by atoms with Gasteiger partial charge in [0.25, 0.3) is 5.78 Å². The molecule has 0 aliphatic carbocycles. The molecule has 0 radical (unpaired) electrons. The highest BCUT2D eigenvalue weighted by molar-refractivity contribution is 6.48. The number of fused-ring (bicyclic) bond motifs is 13. The second-order valence-electron chi connectivity index (χ2n) is 30.5. The summed E-state index contributed by atoms with van der Waals surface area (Å²) in [6.07, 6.45) is 1.26. The summed E-state index contributed by atoms with van der Waals surface area (Å²) < 4.78 is 72.0. The molecule has 4 heterocycles. The number of carbonyl (C=O) groups is 7. The maximum atomic E-state index is 14.7. The first kappa shape index (κ1) is 85.4. The van der Waals surface area contributed by atoms with Crippen LogP contribution >= 0.6 is 0 Å². The Balaban J connectivity index is 0.000000166. The van der Waals surface area contributed by atoms with Crippen LogP contribution in [0.1, 0.15) is 190 Å². The van der Waals surface area contributed by atoms with Crippen molar-refractivity contribution in [3.8, 4) is 11.5 Å². The smallest absolute Gasteiger partial charge is 0.340 e. The van der Waals surface area contributed by atoms with Crippen molar-refractivity contribution in [2.75, 3.05) is 6.61 Å². The number of ether oxygens (including phenoxy) is 2. The van der Waals surface area contributed by atoms with E-state index in [1.807, 2.05) is 206 Å². The Bertz CT molecular complexity index is 6580. The van der Waals surface area contributed by atoms with E-state index in [1.54, 1.807) is 18.2 Å². The van der Waals surface area contributed by atoms with E-state index < -0.39 is 42.6 Å². The number of hydrogen-bond acceptors (Lipinski definition) is 15. The van der Waals surface area contributed by atoms with Crippen molar-refractivity contribution >= 4 is 135 Å². The fourth-order valence-electron chi connectivity index (χ4n) is 16.2. The van der Waals surface area contributed by atoms with E-state index in [9.17, 15) is 51.1 Å². The van der Waals surface area contributed by atoms with Gasteiger partial charge in [-0.15, -0.1) is 0 Å². The number of hydrogen-bond donors (Lipinski definition) is 0. The lowest BCUT2D eigenvalue weighted by Gasteiger charge is -2.19. The summed E-state index contributed by atoms with van der Waals surface area (Å²) in [6, 6.07) is 61.8. The van der Waals surface area contributed by atoms with E-state index in [-0.39, 0.29) is 40.3 Å². The molecule has 121 heavy (non-hydrogen) atoms. The van der Waals surface area contributed by atoms with Crippen LogP contribution < -0.4 is 9.47 Å². The fraction of sp³-hybridized carbons (Fsp3) is 0.253. The van der Waals surface area contributed by atoms with Gasteiger partial charge in [0, 0.05) is 139 Å². The van der Waals surface area contributed by atoms with Crippen LogP contribution in [0.25, 0.3) is 76.2 Å². The monoisotopic (exact) mass is 1630 g/mol. The third-order valence-electron chi connectivity index (χ3n) is 22.0. The molecule has 14 aromatic rings. The van der Waals surface area contributed by atoms with Crippen LogP contribution in [0.15, 0.2) is 216 Å². The van der Waals surface area contributed by atoms with Crippen molar-refractivity contribution in [2.24, 2.45) is 21.4 Å². The van der Waals surface area contributed by atoms with Crippen LogP contribution in [0.4, 0.5) is 17.6 Å². The fourth-order valence-corrected chi connectivity index (χ4v) is 16.2. The zero-order valence-electron chi connectivity index (χ0n) is 69.7. The molecule has 0 saturated carbocycles. The molecular weight excluding hydrogens is 1540 g/mol. The Morgan fingerprint density at radius 2 is 0.992 bits per heavy atom. The second kappa shape index (κ2) is 36.4. The van der Waals surface area contributed by atoms with Crippen molar-refractivity contribution in [1.82, 2.24) is 13.7 Å². The average Bonchev–Trinajstić information content (AvgIpc) is 1.59. The highest BCUT2D eigenvalue weighted by Gasteiger charge is 2.42. The quantitative estimate of drug-likeness (QED) is 0.0172.